The van der Waals surface area contributed by atoms with Gasteiger partial charge in [0.2, 0.25) is 0 Å². The van der Waals surface area contributed by atoms with Crippen LogP contribution in [0.25, 0.3) is 10.8 Å². The molecule has 1 aliphatic heterocycles. The smallest absolute Gasteiger partial charge is 0.311 e. The number of hydrogen-bond donors (Lipinski definition) is 1. The molecule has 5 nitrogen and oxygen atoms in total. The standard InChI is InChI=1S/C19H21NO4/c1-19(18(22)23)10-5-11-20(13-19)17(21)12-24-16-9-4-7-14-6-2-3-8-15(14)16/h2-4,6-9H,5,10-13H2,1H3,(H,22,23). The summed E-state index contributed by atoms with van der Waals surface area (Å²) in [5.74, 6) is -0.357. The first-order valence-corrected chi connectivity index (χ1v) is 8.11. The molecule has 3 rings (SSSR count). The van der Waals surface area contributed by atoms with Gasteiger partial charge in [-0.05, 0) is 31.2 Å². The van der Waals surface area contributed by atoms with Crippen molar-refractivity contribution in [3.63, 3.8) is 0 Å². The summed E-state index contributed by atoms with van der Waals surface area (Å²) in [4.78, 5) is 25.4. The highest BCUT2D eigenvalue weighted by atomic mass is 16.5. The highest BCUT2D eigenvalue weighted by Crippen LogP contribution is 2.30. The Bertz CT molecular complexity index is 768. The van der Waals surface area contributed by atoms with Crippen LogP contribution in [0.1, 0.15) is 19.8 Å². The minimum Gasteiger partial charge on any atom is -0.483 e. The molecule has 0 radical (unpaired) electrons. The number of fused-ring (bicyclic) bond motifs is 1. The molecule has 2 aromatic rings. The van der Waals surface area contributed by atoms with E-state index in [-0.39, 0.29) is 19.1 Å². The number of carbonyl (C=O) groups is 2. The number of rotatable bonds is 4. The molecule has 2 aromatic carbocycles. The third-order valence-corrected chi connectivity index (χ3v) is 4.67. The molecule has 0 saturated carbocycles. The van der Waals surface area contributed by atoms with Crippen LogP contribution in [0, 0.1) is 5.41 Å². The van der Waals surface area contributed by atoms with Gasteiger partial charge in [0.1, 0.15) is 5.75 Å². The molecule has 126 valence electrons. The minimum atomic E-state index is -0.868. The number of piperidine rings is 1. The van der Waals surface area contributed by atoms with Gasteiger partial charge < -0.3 is 14.7 Å². The minimum absolute atomic E-state index is 0.0797. The Morgan fingerprint density at radius 1 is 1.21 bits per heavy atom. The van der Waals surface area contributed by atoms with E-state index in [0.717, 1.165) is 10.8 Å². The van der Waals surface area contributed by atoms with Crippen molar-refractivity contribution >= 4 is 22.6 Å². The summed E-state index contributed by atoms with van der Waals surface area (Å²) in [5, 5.41) is 11.4. The average Bonchev–Trinajstić information content (AvgIpc) is 2.59. The monoisotopic (exact) mass is 327 g/mol. The molecule has 0 spiro atoms. The maximum atomic E-state index is 12.4. The third-order valence-electron chi connectivity index (χ3n) is 4.67. The van der Waals surface area contributed by atoms with E-state index in [2.05, 4.69) is 0 Å². The second-order valence-electron chi connectivity index (χ2n) is 6.55. The number of hydrogen-bond acceptors (Lipinski definition) is 3. The van der Waals surface area contributed by atoms with E-state index < -0.39 is 11.4 Å². The van der Waals surface area contributed by atoms with Crippen LogP contribution in [0.4, 0.5) is 0 Å². The van der Waals surface area contributed by atoms with Gasteiger partial charge in [0.05, 0.1) is 5.41 Å². The van der Waals surface area contributed by atoms with Crippen molar-refractivity contribution in [1.82, 2.24) is 4.90 Å². The summed E-state index contributed by atoms with van der Waals surface area (Å²) < 4.78 is 5.72. The van der Waals surface area contributed by atoms with E-state index in [1.165, 1.54) is 0 Å². The van der Waals surface area contributed by atoms with Crippen molar-refractivity contribution in [1.29, 1.82) is 0 Å². The fraction of sp³-hybridized carbons (Fsp3) is 0.368. The summed E-state index contributed by atoms with van der Waals surface area (Å²) in [7, 11) is 0. The Kier molecular flexibility index (Phi) is 4.42. The third kappa shape index (κ3) is 3.20. The van der Waals surface area contributed by atoms with Gasteiger partial charge >= 0.3 is 5.97 Å². The molecule has 0 aliphatic carbocycles. The molecule has 1 atom stereocenters. The van der Waals surface area contributed by atoms with Crippen molar-refractivity contribution in [2.45, 2.75) is 19.8 Å². The summed E-state index contributed by atoms with van der Waals surface area (Å²) in [6.45, 7) is 2.44. The van der Waals surface area contributed by atoms with Crippen LogP contribution in [0.5, 0.6) is 5.75 Å². The molecule has 1 aliphatic rings. The second kappa shape index (κ2) is 6.51. The van der Waals surface area contributed by atoms with Crippen molar-refractivity contribution in [3.8, 4) is 5.75 Å². The van der Waals surface area contributed by atoms with Gasteiger partial charge in [-0.3, -0.25) is 9.59 Å². The number of aliphatic carboxylic acids is 1. The van der Waals surface area contributed by atoms with E-state index >= 15 is 0 Å². The van der Waals surface area contributed by atoms with Crippen LogP contribution < -0.4 is 4.74 Å². The van der Waals surface area contributed by atoms with E-state index in [1.54, 1.807) is 11.8 Å². The molecule has 1 fully saturated rings. The highest BCUT2D eigenvalue weighted by molar-refractivity contribution is 5.88. The maximum Gasteiger partial charge on any atom is 0.311 e. The number of likely N-dealkylation sites (tertiary alicyclic amines) is 1. The number of benzene rings is 2. The van der Waals surface area contributed by atoms with Crippen LogP contribution in [0.2, 0.25) is 0 Å². The van der Waals surface area contributed by atoms with Crippen LogP contribution >= 0.6 is 0 Å². The van der Waals surface area contributed by atoms with Gasteiger partial charge in [0, 0.05) is 18.5 Å². The lowest BCUT2D eigenvalue weighted by Crippen LogP contribution is -2.49. The highest BCUT2D eigenvalue weighted by Gasteiger charge is 2.39. The lowest BCUT2D eigenvalue weighted by molar-refractivity contribution is -0.153. The lowest BCUT2D eigenvalue weighted by Gasteiger charge is -2.37. The number of carboxylic acid groups (broad SMARTS) is 1. The van der Waals surface area contributed by atoms with Crippen molar-refractivity contribution in [2.75, 3.05) is 19.7 Å². The number of ether oxygens (including phenoxy) is 1. The Hall–Kier alpha value is -2.56. The largest absolute Gasteiger partial charge is 0.483 e. The fourth-order valence-corrected chi connectivity index (χ4v) is 3.18. The average molecular weight is 327 g/mol. The molecule has 1 amide bonds. The molecular formula is C19H21NO4. The first-order chi connectivity index (χ1) is 11.5. The first-order valence-electron chi connectivity index (χ1n) is 8.11. The van der Waals surface area contributed by atoms with Gasteiger partial charge in [-0.15, -0.1) is 0 Å². The quantitative estimate of drug-likeness (QED) is 0.937. The SMILES string of the molecule is CC1(C(=O)O)CCCN(C(=O)COc2cccc3ccccc23)C1. The van der Waals surface area contributed by atoms with Crippen molar-refractivity contribution in [3.05, 3.63) is 42.5 Å². The van der Waals surface area contributed by atoms with Gasteiger partial charge in [-0.2, -0.15) is 0 Å². The molecule has 0 bridgehead atoms. The zero-order chi connectivity index (χ0) is 17.2. The van der Waals surface area contributed by atoms with E-state index in [9.17, 15) is 14.7 Å². The summed E-state index contributed by atoms with van der Waals surface area (Å²) in [5.41, 5.74) is -0.868. The number of carboxylic acids is 1. The zero-order valence-electron chi connectivity index (χ0n) is 13.7. The number of amides is 1. The summed E-state index contributed by atoms with van der Waals surface area (Å²) in [6.07, 6.45) is 1.29. The second-order valence-corrected chi connectivity index (χ2v) is 6.55. The van der Waals surface area contributed by atoms with Crippen LogP contribution in [0.15, 0.2) is 42.5 Å². The maximum absolute atomic E-state index is 12.4. The fourth-order valence-electron chi connectivity index (χ4n) is 3.18. The molecule has 0 aromatic heterocycles. The number of carbonyl (C=O) groups excluding carboxylic acids is 1. The van der Waals surface area contributed by atoms with Gasteiger partial charge in [-0.25, -0.2) is 0 Å². The zero-order valence-corrected chi connectivity index (χ0v) is 13.7. The topological polar surface area (TPSA) is 66.8 Å². The van der Waals surface area contributed by atoms with Gasteiger partial charge in [-0.1, -0.05) is 36.4 Å². The van der Waals surface area contributed by atoms with E-state index in [1.807, 2.05) is 42.5 Å². The van der Waals surface area contributed by atoms with Crippen LogP contribution in [0.3, 0.4) is 0 Å². The van der Waals surface area contributed by atoms with E-state index in [0.29, 0.717) is 25.1 Å². The van der Waals surface area contributed by atoms with Crippen molar-refractivity contribution in [2.24, 2.45) is 5.41 Å². The molecule has 24 heavy (non-hydrogen) atoms. The Balaban J connectivity index is 1.68. The summed E-state index contributed by atoms with van der Waals surface area (Å²) in [6, 6.07) is 13.6. The first kappa shape index (κ1) is 16.3. The van der Waals surface area contributed by atoms with Gasteiger partial charge in [0.15, 0.2) is 6.61 Å². The normalized spacial score (nSPS) is 20.8. The molecule has 5 heteroatoms. The summed E-state index contributed by atoms with van der Waals surface area (Å²) >= 11 is 0. The Labute approximate surface area is 140 Å². The van der Waals surface area contributed by atoms with Crippen LogP contribution in [-0.4, -0.2) is 41.6 Å². The Morgan fingerprint density at radius 3 is 2.75 bits per heavy atom. The molecule has 1 saturated heterocycles. The van der Waals surface area contributed by atoms with Crippen LogP contribution in [-0.2, 0) is 9.59 Å². The molecular weight excluding hydrogens is 306 g/mol. The molecule has 1 heterocycles. The molecule has 1 unspecified atom stereocenters. The Morgan fingerprint density at radius 2 is 1.96 bits per heavy atom. The number of nitrogens with zero attached hydrogens (tertiary/aromatic N) is 1. The van der Waals surface area contributed by atoms with Gasteiger partial charge in [0.25, 0.3) is 5.91 Å². The predicted molar refractivity (Wildman–Crippen MR) is 91.0 cm³/mol. The lowest BCUT2D eigenvalue weighted by atomic mass is 9.82. The molecule has 1 N–H and O–H groups in total. The van der Waals surface area contributed by atoms with Crippen molar-refractivity contribution < 1.29 is 19.4 Å². The van der Waals surface area contributed by atoms with E-state index in [4.69, 9.17) is 4.74 Å². The predicted octanol–water partition coefficient (Wildman–Crippen LogP) is 2.93.